The first kappa shape index (κ1) is 24.6. The number of ether oxygens (including phenoxy) is 1. The molecule has 0 spiro atoms. The highest BCUT2D eigenvalue weighted by molar-refractivity contribution is 7.92. The molecule has 0 saturated carbocycles. The van der Waals surface area contributed by atoms with Crippen molar-refractivity contribution in [2.75, 3.05) is 26.2 Å². The third-order valence-electron chi connectivity index (χ3n) is 5.93. The van der Waals surface area contributed by atoms with Gasteiger partial charge in [-0.25, -0.2) is 8.42 Å². The minimum absolute atomic E-state index is 0.105. The van der Waals surface area contributed by atoms with Crippen molar-refractivity contribution in [3.8, 4) is 5.75 Å². The molecular weight excluding hydrogens is 462 g/mol. The number of pyridine rings is 1. The summed E-state index contributed by atoms with van der Waals surface area (Å²) in [7, 11) is -3.55. The van der Waals surface area contributed by atoms with E-state index in [4.69, 9.17) is 4.74 Å². The summed E-state index contributed by atoms with van der Waals surface area (Å²) in [6.07, 6.45) is 5.08. The first-order valence-corrected chi connectivity index (χ1v) is 13.0. The number of aryl methyl sites for hydroxylation is 2. The van der Waals surface area contributed by atoms with Crippen molar-refractivity contribution in [3.63, 3.8) is 0 Å². The van der Waals surface area contributed by atoms with Crippen LogP contribution in [0.3, 0.4) is 0 Å². The van der Waals surface area contributed by atoms with Gasteiger partial charge in [-0.15, -0.1) is 0 Å². The van der Waals surface area contributed by atoms with E-state index in [0.29, 0.717) is 25.3 Å². The molecule has 1 aliphatic rings. The van der Waals surface area contributed by atoms with E-state index in [1.807, 2.05) is 68.4 Å². The maximum absolute atomic E-state index is 13.2. The highest BCUT2D eigenvalue weighted by atomic mass is 32.2. The molecule has 1 aliphatic heterocycles. The van der Waals surface area contributed by atoms with E-state index in [-0.39, 0.29) is 19.0 Å². The van der Waals surface area contributed by atoms with Crippen molar-refractivity contribution in [1.29, 1.82) is 0 Å². The van der Waals surface area contributed by atoms with Gasteiger partial charge in [-0.3, -0.25) is 9.78 Å². The van der Waals surface area contributed by atoms with Crippen molar-refractivity contribution in [2.24, 2.45) is 0 Å². The first-order chi connectivity index (χ1) is 16.8. The predicted octanol–water partition coefficient (Wildman–Crippen LogP) is 4.04. The molecule has 0 unspecified atom stereocenters. The fourth-order valence-corrected chi connectivity index (χ4v) is 5.26. The zero-order valence-corrected chi connectivity index (χ0v) is 20.7. The maximum Gasteiger partial charge on any atom is 0.253 e. The molecule has 1 amide bonds. The predicted molar refractivity (Wildman–Crippen MR) is 136 cm³/mol. The lowest BCUT2D eigenvalue weighted by Crippen LogP contribution is -2.50. The van der Waals surface area contributed by atoms with Crippen LogP contribution in [-0.2, 0) is 16.6 Å². The number of hydrogen-bond donors (Lipinski definition) is 0. The number of aromatic nitrogens is 1. The molecule has 182 valence electrons. The lowest BCUT2D eigenvalue weighted by molar-refractivity contribution is 0.0698. The maximum atomic E-state index is 13.2. The third kappa shape index (κ3) is 6.15. The second kappa shape index (κ2) is 10.8. The molecule has 4 rings (SSSR count). The van der Waals surface area contributed by atoms with Crippen molar-refractivity contribution in [1.82, 2.24) is 14.2 Å². The average molecular weight is 492 g/mol. The minimum Gasteiger partial charge on any atom is -0.488 e. The van der Waals surface area contributed by atoms with Gasteiger partial charge in [0.2, 0.25) is 10.0 Å². The number of carbonyl (C=O) groups is 1. The van der Waals surface area contributed by atoms with Crippen LogP contribution in [0.5, 0.6) is 5.75 Å². The lowest BCUT2D eigenvalue weighted by Gasteiger charge is -2.33. The SMILES string of the molecule is Cc1cc(C(=O)N2CCN(S(=O)(=O)/C=C/c3ccccc3)CC2)cc(C)c1OCc1cccnc1. The third-order valence-corrected chi connectivity index (χ3v) is 7.50. The summed E-state index contributed by atoms with van der Waals surface area (Å²) in [4.78, 5) is 19.0. The van der Waals surface area contributed by atoms with Gasteiger partial charge in [0.25, 0.3) is 5.91 Å². The fraction of sp³-hybridized carbons (Fsp3) is 0.259. The van der Waals surface area contributed by atoms with Crippen molar-refractivity contribution in [3.05, 3.63) is 100 Å². The Bertz CT molecular complexity index is 1280. The van der Waals surface area contributed by atoms with E-state index < -0.39 is 10.0 Å². The molecule has 3 aromatic rings. The van der Waals surface area contributed by atoms with Gasteiger partial charge in [0.15, 0.2) is 0 Å². The quantitative estimate of drug-likeness (QED) is 0.499. The Morgan fingerprint density at radius 1 is 1.00 bits per heavy atom. The van der Waals surface area contributed by atoms with Crippen molar-refractivity contribution in [2.45, 2.75) is 20.5 Å². The van der Waals surface area contributed by atoms with Crippen LogP contribution < -0.4 is 4.74 Å². The molecule has 35 heavy (non-hydrogen) atoms. The highest BCUT2D eigenvalue weighted by Crippen LogP contribution is 2.27. The first-order valence-electron chi connectivity index (χ1n) is 11.5. The van der Waals surface area contributed by atoms with Crippen molar-refractivity contribution >= 4 is 22.0 Å². The van der Waals surface area contributed by atoms with Gasteiger partial charge in [0.05, 0.1) is 0 Å². The summed E-state index contributed by atoms with van der Waals surface area (Å²) in [5.74, 6) is 0.651. The van der Waals surface area contributed by atoms with E-state index in [0.717, 1.165) is 28.0 Å². The second-order valence-corrected chi connectivity index (χ2v) is 10.4. The summed E-state index contributed by atoms with van der Waals surface area (Å²) in [6, 6.07) is 16.8. The van der Waals surface area contributed by atoms with E-state index in [2.05, 4.69) is 4.98 Å². The van der Waals surface area contributed by atoms with E-state index >= 15 is 0 Å². The van der Waals surface area contributed by atoms with Crippen LogP contribution in [0, 0.1) is 13.8 Å². The highest BCUT2D eigenvalue weighted by Gasteiger charge is 2.28. The standard InChI is InChI=1S/C27H29N3O4S/c1-21-17-25(18-22(2)26(21)34-20-24-9-6-11-28-19-24)27(31)29-12-14-30(15-13-29)35(32,33)16-10-23-7-4-3-5-8-23/h3-11,16-19H,12-15,20H2,1-2H3/b16-10+. The molecule has 1 saturated heterocycles. The zero-order chi connectivity index (χ0) is 24.8. The number of nitrogens with zero attached hydrogens (tertiary/aromatic N) is 3. The molecule has 2 heterocycles. The molecule has 8 heteroatoms. The van der Waals surface area contributed by atoms with Crippen LogP contribution in [0.1, 0.15) is 32.6 Å². The summed E-state index contributed by atoms with van der Waals surface area (Å²) in [5, 5.41) is 1.23. The number of amides is 1. The van der Waals surface area contributed by atoms with Gasteiger partial charge < -0.3 is 9.64 Å². The Morgan fingerprint density at radius 2 is 1.69 bits per heavy atom. The molecule has 1 aromatic heterocycles. The number of piperazine rings is 1. The summed E-state index contributed by atoms with van der Waals surface area (Å²) in [6.45, 7) is 5.45. The number of benzene rings is 2. The number of sulfonamides is 1. The summed E-state index contributed by atoms with van der Waals surface area (Å²) < 4.78 is 32.8. The Kier molecular flexibility index (Phi) is 7.63. The normalized spacial score (nSPS) is 14.9. The molecule has 0 atom stereocenters. The Hall–Kier alpha value is -3.49. The van der Waals surface area contributed by atoms with Crippen LogP contribution >= 0.6 is 0 Å². The Balaban J connectivity index is 1.37. The zero-order valence-electron chi connectivity index (χ0n) is 19.9. The molecule has 1 fully saturated rings. The number of carbonyl (C=O) groups excluding carboxylic acids is 1. The van der Waals surface area contributed by atoms with Gasteiger partial charge in [-0.1, -0.05) is 36.4 Å². The van der Waals surface area contributed by atoms with Gasteiger partial charge in [-0.05, 0) is 54.8 Å². The summed E-state index contributed by atoms with van der Waals surface area (Å²) in [5.41, 5.74) is 4.13. The van der Waals surface area contributed by atoms with E-state index in [9.17, 15) is 13.2 Å². The van der Waals surface area contributed by atoms with Crippen LogP contribution in [-0.4, -0.2) is 54.7 Å². The van der Waals surface area contributed by atoms with Crippen LogP contribution in [0.25, 0.3) is 6.08 Å². The molecule has 0 N–H and O–H groups in total. The van der Waals surface area contributed by atoms with Crippen molar-refractivity contribution < 1.29 is 17.9 Å². The molecule has 0 aliphatic carbocycles. The lowest BCUT2D eigenvalue weighted by atomic mass is 10.0. The van der Waals surface area contributed by atoms with Crippen LogP contribution in [0.15, 0.2) is 72.4 Å². The Labute approximate surface area is 206 Å². The molecular formula is C27H29N3O4S. The van der Waals surface area contributed by atoms with Gasteiger partial charge in [0, 0.05) is 55.1 Å². The molecule has 7 nitrogen and oxygen atoms in total. The van der Waals surface area contributed by atoms with Gasteiger partial charge >= 0.3 is 0 Å². The van der Waals surface area contributed by atoms with E-state index in [1.54, 1.807) is 23.4 Å². The minimum atomic E-state index is -3.55. The second-order valence-electron chi connectivity index (χ2n) is 8.54. The topological polar surface area (TPSA) is 79.8 Å². The van der Waals surface area contributed by atoms with Gasteiger partial charge in [0.1, 0.15) is 12.4 Å². The average Bonchev–Trinajstić information content (AvgIpc) is 2.88. The molecule has 2 aromatic carbocycles. The van der Waals surface area contributed by atoms with Crippen LogP contribution in [0.2, 0.25) is 0 Å². The largest absolute Gasteiger partial charge is 0.488 e. The molecule has 0 bridgehead atoms. The molecule has 0 radical (unpaired) electrons. The smallest absolute Gasteiger partial charge is 0.253 e. The van der Waals surface area contributed by atoms with E-state index in [1.165, 1.54) is 9.71 Å². The monoisotopic (exact) mass is 491 g/mol. The summed E-state index contributed by atoms with van der Waals surface area (Å²) >= 11 is 0. The van der Waals surface area contributed by atoms with Gasteiger partial charge in [-0.2, -0.15) is 4.31 Å². The van der Waals surface area contributed by atoms with Crippen LogP contribution in [0.4, 0.5) is 0 Å². The fourth-order valence-electron chi connectivity index (χ4n) is 4.08. The number of hydrogen-bond acceptors (Lipinski definition) is 5. The Morgan fingerprint density at radius 3 is 2.31 bits per heavy atom. The number of rotatable bonds is 7.